The normalized spacial score (nSPS) is 12.9. The molecular formula is C88H120N12O18. The first-order valence-electron chi connectivity index (χ1n) is 39.9. The third kappa shape index (κ3) is 47.7. The number of benzene rings is 3. The van der Waals surface area contributed by atoms with Crippen molar-refractivity contribution >= 4 is 47.7 Å². The number of carboxylic acid groups (broad SMARTS) is 2. The van der Waals surface area contributed by atoms with Gasteiger partial charge in [0.1, 0.15) is 6.04 Å². The summed E-state index contributed by atoms with van der Waals surface area (Å²) in [6.45, 7) is 21.5. The lowest BCUT2D eigenvalue weighted by atomic mass is 10.0. The number of carbonyl (C=O) groups is 6. The number of hydrogen-bond acceptors (Lipinski definition) is 25. The minimum atomic E-state index is -0.987. The maximum absolute atomic E-state index is 12.9. The van der Waals surface area contributed by atoms with Crippen molar-refractivity contribution in [3.8, 4) is 0 Å². The number of carboxylic acids is 2. The molecule has 1 saturated heterocycles. The Morgan fingerprint density at radius 3 is 1.24 bits per heavy atom. The van der Waals surface area contributed by atoms with Crippen molar-refractivity contribution in [2.45, 2.75) is 104 Å². The van der Waals surface area contributed by atoms with E-state index in [1.807, 2.05) is 191 Å². The molecule has 4 aromatic heterocycles. The number of aromatic nitrogens is 4. The zero-order valence-electron chi connectivity index (χ0n) is 69.1. The average molecular weight is 1630 g/mol. The van der Waals surface area contributed by atoms with Crippen LogP contribution < -0.4 is 10.6 Å². The molecule has 7 aromatic rings. The van der Waals surface area contributed by atoms with E-state index < -0.39 is 18.0 Å². The summed E-state index contributed by atoms with van der Waals surface area (Å²) < 4.78 is 33.6. The van der Waals surface area contributed by atoms with Crippen LogP contribution >= 0.6 is 0 Å². The number of aliphatic carboxylic acids is 2. The Morgan fingerprint density at radius 1 is 0.432 bits per heavy atom. The number of nitrogens with one attached hydrogen (secondary N) is 2. The zero-order valence-corrected chi connectivity index (χ0v) is 69.1. The third-order valence-electron chi connectivity index (χ3n) is 18.3. The van der Waals surface area contributed by atoms with Gasteiger partial charge in [-0.15, -0.1) is 0 Å². The molecule has 8 rings (SSSR count). The highest BCUT2D eigenvalue weighted by Gasteiger charge is 2.28. The lowest BCUT2D eigenvalue weighted by Gasteiger charge is -2.34. The quantitative estimate of drug-likeness (QED) is 0.0206. The largest absolute Gasteiger partial charge is 0.480 e. The molecule has 640 valence electrons. The molecule has 1 fully saturated rings. The molecule has 0 bridgehead atoms. The van der Waals surface area contributed by atoms with Crippen LogP contribution in [0.1, 0.15) is 122 Å². The van der Waals surface area contributed by atoms with Crippen LogP contribution in [0.2, 0.25) is 0 Å². The summed E-state index contributed by atoms with van der Waals surface area (Å²) in [6.07, 6.45) is 12.4. The Balaban J connectivity index is 0.000000378. The fourth-order valence-corrected chi connectivity index (χ4v) is 11.7. The number of likely N-dealkylation sites (N-methyl/N-ethyl adjacent to an activating group) is 2. The van der Waals surface area contributed by atoms with Crippen LogP contribution in [0.4, 0.5) is 0 Å². The summed E-state index contributed by atoms with van der Waals surface area (Å²) in [5.41, 5.74) is 9.33. The van der Waals surface area contributed by atoms with E-state index in [2.05, 4.69) is 57.4 Å². The molecule has 1 aliphatic heterocycles. The van der Waals surface area contributed by atoms with Crippen LogP contribution in [0.15, 0.2) is 170 Å². The molecule has 4 N–H and O–H groups in total. The average Bonchev–Trinajstić information content (AvgIpc) is 0.832. The number of pyridine rings is 4. The van der Waals surface area contributed by atoms with Gasteiger partial charge in [0.15, 0.2) is 5.78 Å². The van der Waals surface area contributed by atoms with E-state index in [0.29, 0.717) is 169 Å². The standard InChI is InChI=1S/C35H60N6O9.C31H41N3O4.C20H19N3O.2CO2/c1-29-6-8-30(9-7-29)34(45)37-13-5-23-49-25-27-50-26-24-48-22-4-12-36-32(42)11-10-31(35(46)47)41-20-17-39(3)15-14-38(2)16-18-40(19-21-41)28-33(43)44;1-27-12-14-28(15-13-27)31(35)11-4-7-19-36-21-23-38-24-22-37-20-8-18-34(25-29-9-2-5-16-32-29)26-30-10-3-6-17-33-30;1-16-8-10-17(11-9-16)20(24)23(14-18-6-2-4-12-21-18)15-19-7-3-5-13-22-19;2*2-1-3/h6-9,31H,4-5,10-28H2,1-3H3,(H,36,42)(H,37,45)(H,43,44)(H,46,47);2-3,5-6,9-10,12-17H,4,7-8,11,18-26H2,1H3;2-13H,14-15H2,1H3;;. The third-order valence-corrected chi connectivity index (χ3v) is 18.3. The van der Waals surface area contributed by atoms with Crippen molar-refractivity contribution in [3.05, 3.63) is 227 Å². The number of ether oxygens (including phenoxy) is 6. The molecule has 118 heavy (non-hydrogen) atoms. The smallest absolute Gasteiger partial charge is 0.373 e. The number of nitrogens with zero attached hydrogens (tertiary/aromatic N) is 10. The summed E-state index contributed by atoms with van der Waals surface area (Å²) >= 11 is 0. The molecule has 1 atom stereocenters. The van der Waals surface area contributed by atoms with E-state index in [0.717, 1.165) is 98.0 Å². The van der Waals surface area contributed by atoms with Crippen molar-refractivity contribution in [1.29, 1.82) is 0 Å². The topological polar surface area (TPSA) is 362 Å². The highest BCUT2D eigenvalue weighted by molar-refractivity contribution is 5.96. The SMILES string of the molecule is Cc1ccc(C(=O)CCCCOCCOCCOCCCN(Cc2ccccn2)Cc2ccccn2)cc1.Cc1ccc(C(=O)N(Cc2ccccn2)Cc2ccccn2)cc1.Cc1ccc(C(=O)NCCCOCCOCCOCCCNC(=O)CCC(C(=O)O)N2CCN(C)CCN(C)CCN(CC(=O)O)CC2)cc1.O=C=O.O=C=O. The Kier molecular flexibility index (Phi) is 54.0. The van der Waals surface area contributed by atoms with Gasteiger partial charge in [-0.05, 0) is 146 Å². The number of carbonyl (C=O) groups excluding carboxylic acids is 8. The number of rotatable bonds is 47. The second-order valence-corrected chi connectivity index (χ2v) is 27.8. The first-order valence-corrected chi connectivity index (χ1v) is 39.9. The summed E-state index contributed by atoms with van der Waals surface area (Å²) in [5.74, 6) is -2.03. The number of Topliss-reactive ketones (excluding diaryl/α,β-unsaturated/α-hetero) is 1. The summed E-state index contributed by atoms with van der Waals surface area (Å²) in [6, 6.07) is 45.4. The molecular weight excluding hydrogens is 1510 g/mol. The van der Waals surface area contributed by atoms with Crippen molar-refractivity contribution in [1.82, 2.24) is 60.0 Å². The number of ketones is 1. The van der Waals surface area contributed by atoms with E-state index in [-0.39, 0.29) is 55.2 Å². The van der Waals surface area contributed by atoms with Gasteiger partial charge in [0.25, 0.3) is 11.8 Å². The number of unbranched alkanes of at least 4 members (excludes halogenated alkanes) is 1. The van der Waals surface area contributed by atoms with Gasteiger partial charge in [-0.3, -0.25) is 63.4 Å². The van der Waals surface area contributed by atoms with Gasteiger partial charge in [-0.2, -0.15) is 19.2 Å². The lowest BCUT2D eigenvalue weighted by molar-refractivity contribution is -0.193. The van der Waals surface area contributed by atoms with Crippen LogP contribution in [0.25, 0.3) is 0 Å². The van der Waals surface area contributed by atoms with Crippen molar-refractivity contribution in [3.63, 3.8) is 0 Å². The molecule has 5 heterocycles. The van der Waals surface area contributed by atoms with Gasteiger partial charge in [-0.1, -0.05) is 89.5 Å². The van der Waals surface area contributed by atoms with Gasteiger partial charge in [0.2, 0.25) is 5.91 Å². The molecule has 1 aliphatic rings. The maximum atomic E-state index is 12.9. The van der Waals surface area contributed by atoms with E-state index in [4.69, 9.17) is 47.6 Å². The fourth-order valence-electron chi connectivity index (χ4n) is 11.7. The minimum Gasteiger partial charge on any atom is -0.480 e. The Morgan fingerprint density at radius 2 is 0.805 bits per heavy atom. The molecule has 0 spiro atoms. The molecule has 30 nitrogen and oxygen atoms in total. The number of amides is 3. The lowest BCUT2D eigenvalue weighted by Crippen LogP contribution is -2.50. The summed E-state index contributed by atoms with van der Waals surface area (Å²) in [7, 11) is 4.02. The molecule has 30 heteroatoms. The van der Waals surface area contributed by atoms with Crippen LogP contribution in [-0.2, 0) is 88.2 Å². The summed E-state index contributed by atoms with van der Waals surface area (Å²) in [5, 5.41) is 25.1. The molecule has 3 amide bonds. The second kappa shape index (κ2) is 63.7. The molecule has 1 unspecified atom stereocenters. The Hall–Kier alpha value is -10.4. The van der Waals surface area contributed by atoms with E-state index in [1.54, 1.807) is 17.3 Å². The highest BCUT2D eigenvalue weighted by atomic mass is 16.5. The van der Waals surface area contributed by atoms with E-state index in [1.165, 1.54) is 5.56 Å². The molecule has 0 saturated carbocycles. The Labute approximate surface area is 693 Å². The Bertz CT molecular complexity index is 3820. The number of hydrogen-bond donors (Lipinski definition) is 4. The second-order valence-electron chi connectivity index (χ2n) is 27.8. The van der Waals surface area contributed by atoms with Crippen molar-refractivity contribution < 1.29 is 86.6 Å². The van der Waals surface area contributed by atoms with Gasteiger partial charge in [-0.25, -0.2) is 0 Å². The van der Waals surface area contributed by atoms with Crippen LogP contribution in [-0.4, -0.2) is 285 Å². The predicted octanol–water partition coefficient (Wildman–Crippen LogP) is 8.21. The van der Waals surface area contributed by atoms with Crippen molar-refractivity contribution in [2.75, 3.05) is 172 Å². The predicted molar refractivity (Wildman–Crippen MR) is 442 cm³/mol. The first-order chi connectivity index (χ1) is 57.3. The fraction of sp³-hybridized carbons (Fsp3) is 0.477. The van der Waals surface area contributed by atoms with Crippen LogP contribution in [0.5, 0.6) is 0 Å². The van der Waals surface area contributed by atoms with Gasteiger partial charge in [0, 0.05) is 166 Å². The molecule has 3 aromatic carbocycles. The molecule has 0 radical (unpaired) electrons. The van der Waals surface area contributed by atoms with Crippen LogP contribution in [0, 0.1) is 20.8 Å². The van der Waals surface area contributed by atoms with Crippen LogP contribution in [0.3, 0.4) is 0 Å². The molecule has 0 aliphatic carbocycles. The maximum Gasteiger partial charge on any atom is 0.373 e. The van der Waals surface area contributed by atoms with Crippen molar-refractivity contribution in [2.24, 2.45) is 0 Å². The van der Waals surface area contributed by atoms with E-state index in [9.17, 15) is 39.0 Å². The van der Waals surface area contributed by atoms with Gasteiger partial charge in [0.05, 0.1) is 95.3 Å². The highest BCUT2D eigenvalue weighted by Crippen LogP contribution is 2.16. The summed E-state index contributed by atoms with van der Waals surface area (Å²) in [4.78, 5) is 136. The van der Waals surface area contributed by atoms with E-state index >= 15 is 0 Å². The monoisotopic (exact) mass is 1630 g/mol. The number of aryl methyl sites for hydroxylation is 3. The first kappa shape index (κ1) is 100.0. The van der Waals surface area contributed by atoms with Gasteiger partial charge < -0.3 is 64.0 Å². The minimum absolute atomic E-state index is 0.0219. The van der Waals surface area contributed by atoms with Gasteiger partial charge >= 0.3 is 24.2 Å². The zero-order chi connectivity index (χ0) is 85.4.